The van der Waals surface area contributed by atoms with Gasteiger partial charge in [0.15, 0.2) is 0 Å². The summed E-state index contributed by atoms with van der Waals surface area (Å²) in [7, 11) is 0. The second kappa shape index (κ2) is 7.82. The minimum absolute atomic E-state index is 0.292. The van der Waals surface area contributed by atoms with Crippen LogP contribution in [0.1, 0.15) is 16.1 Å². The van der Waals surface area contributed by atoms with E-state index in [2.05, 4.69) is 36.7 Å². The Balaban J connectivity index is 1.70. The van der Waals surface area contributed by atoms with Crippen molar-refractivity contribution < 1.29 is 4.79 Å². The van der Waals surface area contributed by atoms with Crippen LogP contribution in [0.5, 0.6) is 0 Å². The Morgan fingerprint density at radius 3 is 2.52 bits per heavy atom. The topological polar surface area (TPSA) is 70.1 Å². The van der Waals surface area contributed by atoms with Crippen molar-refractivity contribution in [1.29, 1.82) is 0 Å². The number of halogens is 3. The van der Waals surface area contributed by atoms with Gasteiger partial charge in [0.25, 0.3) is 5.91 Å². The lowest BCUT2D eigenvalue weighted by Gasteiger charge is -2.00. The van der Waals surface area contributed by atoms with Crippen molar-refractivity contribution in [3.63, 3.8) is 0 Å². The third-order valence-corrected chi connectivity index (χ3v) is 4.51. The van der Waals surface area contributed by atoms with E-state index in [1.807, 2.05) is 24.3 Å². The third-order valence-electron chi connectivity index (χ3n) is 3.32. The van der Waals surface area contributed by atoms with Gasteiger partial charge in [0.1, 0.15) is 5.69 Å². The maximum Gasteiger partial charge on any atom is 0.289 e. The number of carbonyl (C=O) groups excluding carboxylic acids is 1. The Morgan fingerprint density at radius 1 is 1.16 bits per heavy atom. The molecule has 5 nitrogen and oxygen atoms in total. The van der Waals surface area contributed by atoms with E-state index in [0.29, 0.717) is 27.0 Å². The van der Waals surface area contributed by atoms with Crippen LogP contribution in [-0.2, 0) is 0 Å². The second-order valence-corrected chi connectivity index (χ2v) is 6.74. The highest BCUT2D eigenvalue weighted by Crippen LogP contribution is 2.22. The summed E-state index contributed by atoms with van der Waals surface area (Å²) in [5.41, 5.74) is 4.79. The molecule has 0 fully saturated rings. The van der Waals surface area contributed by atoms with Crippen molar-refractivity contribution in [2.75, 3.05) is 0 Å². The number of benzene rings is 2. The van der Waals surface area contributed by atoms with Gasteiger partial charge in [-0.3, -0.25) is 9.89 Å². The third kappa shape index (κ3) is 4.28. The van der Waals surface area contributed by atoms with Crippen LogP contribution in [0, 0.1) is 0 Å². The highest BCUT2D eigenvalue weighted by Gasteiger charge is 2.10. The Labute approximate surface area is 162 Å². The zero-order valence-electron chi connectivity index (χ0n) is 12.6. The van der Waals surface area contributed by atoms with Crippen LogP contribution in [-0.4, -0.2) is 22.3 Å². The van der Waals surface area contributed by atoms with Crippen LogP contribution in [0.2, 0.25) is 10.0 Å². The van der Waals surface area contributed by atoms with Crippen LogP contribution >= 0.6 is 39.1 Å². The Morgan fingerprint density at radius 2 is 1.84 bits per heavy atom. The fourth-order valence-corrected chi connectivity index (χ4v) is 2.82. The summed E-state index contributed by atoms with van der Waals surface area (Å²) in [6, 6.07) is 14.4. The summed E-state index contributed by atoms with van der Waals surface area (Å²) in [4.78, 5) is 12.1. The maximum atomic E-state index is 12.1. The van der Waals surface area contributed by atoms with Crippen LogP contribution in [0.3, 0.4) is 0 Å². The fraction of sp³-hybridized carbons (Fsp3) is 0. The molecule has 1 amide bonds. The number of H-pyrrole nitrogens is 1. The number of hydrogen-bond acceptors (Lipinski definition) is 3. The monoisotopic (exact) mass is 436 g/mol. The lowest BCUT2D eigenvalue weighted by Crippen LogP contribution is -2.18. The molecule has 3 rings (SSSR count). The minimum Gasteiger partial charge on any atom is -0.272 e. The number of nitrogens with one attached hydrogen (secondary N) is 2. The lowest BCUT2D eigenvalue weighted by molar-refractivity contribution is 0.0950. The molecule has 8 heteroatoms. The Kier molecular flexibility index (Phi) is 5.53. The average molecular weight is 438 g/mol. The molecule has 0 unspecified atom stereocenters. The molecule has 0 atom stereocenters. The zero-order valence-corrected chi connectivity index (χ0v) is 15.7. The first-order valence-corrected chi connectivity index (χ1v) is 8.68. The molecule has 0 aliphatic rings. The van der Waals surface area contributed by atoms with Gasteiger partial charge in [-0.15, -0.1) is 0 Å². The van der Waals surface area contributed by atoms with Crippen LogP contribution in [0.15, 0.2) is 58.1 Å². The second-order valence-electron chi connectivity index (χ2n) is 5.01. The van der Waals surface area contributed by atoms with Crippen molar-refractivity contribution in [3.05, 3.63) is 74.3 Å². The smallest absolute Gasteiger partial charge is 0.272 e. The summed E-state index contributed by atoms with van der Waals surface area (Å²) in [5, 5.41) is 11.6. The Hall–Kier alpha value is -2.15. The molecule has 0 aliphatic heterocycles. The molecular weight excluding hydrogens is 427 g/mol. The number of amides is 1. The normalized spacial score (nSPS) is 11.0. The van der Waals surface area contributed by atoms with E-state index >= 15 is 0 Å². The first-order chi connectivity index (χ1) is 12.0. The van der Waals surface area contributed by atoms with Crippen molar-refractivity contribution in [2.45, 2.75) is 0 Å². The largest absolute Gasteiger partial charge is 0.289 e. The van der Waals surface area contributed by atoms with Crippen LogP contribution < -0.4 is 5.43 Å². The van der Waals surface area contributed by atoms with Crippen molar-refractivity contribution in [3.8, 4) is 11.3 Å². The van der Waals surface area contributed by atoms with E-state index in [1.165, 1.54) is 6.21 Å². The molecule has 25 heavy (non-hydrogen) atoms. The molecule has 2 N–H and O–H groups in total. The highest BCUT2D eigenvalue weighted by molar-refractivity contribution is 9.10. The van der Waals surface area contributed by atoms with Crippen molar-refractivity contribution >= 4 is 51.3 Å². The van der Waals surface area contributed by atoms with E-state index in [1.54, 1.807) is 24.3 Å². The molecule has 2 aromatic carbocycles. The first-order valence-electron chi connectivity index (χ1n) is 7.13. The lowest BCUT2D eigenvalue weighted by atomic mass is 10.1. The average Bonchev–Trinajstić information content (AvgIpc) is 3.08. The van der Waals surface area contributed by atoms with Gasteiger partial charge in [0.05, 0.1) is 22.0 Å². The maximum absolute atomic E-state index is 12.1. The van der Waals surface area contributed by atoms with Crippen molar-refractivity contribution in [2.24, 2.45) is 5.10 Å². The first kappa shape index (κ1) is 17.7. The van der Waals surface area contributed by atoms with E-state index in [4.69, 9.17) is 23.2 Å². The van der Waals surface area contributed by atoms with Gasteiger partial charge in [-0.05, 0) is 30.3 Å². The molecule has 0 saturated carbocycles. The van der Waals surface area contributed by atoms with Gasteiger partial charge in [0.2, 0.25) is 0 Å². The number of carbonyl (C=O) groups is 1. The number of aromatic nitrogens is 2. The van der Waals surface area contributed by atoms with Gasteiger partial charge < -0.3 is 0 Å². The quantitative estimate of drug-likeness (QED) is 0.449. The molecule has 0 bridgehead atoms. The number of nitrogens with zero attached hydrogens (tertiary/aromatic N) is 2. The van der Waals surface area contributed by atoms with Gasteiger partial charge in [-0.25, -0.2) is 5.43 Å². The number of hydrogen-bond donors (Lipinski definition) is 2. The van der Waals surface area contributed by atoms with E-state index in [9.17, 15) is 4.79 Å². The predicted molar refractivity (Wildman–Crippen MR) is 103 cm³/mol. The molecule has 0 saturated heterocycles. The molecule has 0 spiro atoms. The van der Waals surface area contributed by atoms with Gasteiger partial charge >= 0.3 is 0 Å². The van der Waals surface area contributed by atoms with Gasteiger partial charge in [0, 0.05) is 15.6 Å². The zero-order chi connectivity index (χ0) is 17.8. The Bertz CT molecular complexity index is 918. The molecule has 1 aromatic heterocycles. The van der Waals surface area contributed by atoms with E-state index in [-0.39, 0.29) is 0 Å². The van der Waals surface area contributed by atoms with E-state index < -0.39 is 5.91 Å². The summed E-state index contributed by atoms with van der Waals surface area (Å²) < 4.78 is 0.970. The summed E-state index contributed by atoms with van der Waals surface area (Å²) in [6.45, 7) is 0. The predicted octanol–water partition coefficient (Wildman–Crippen LogP) is 4.91. The molecule has 0 radical (unpaired) electrons. The molecular formula is C17H11BrCl2N4O. The SMILES string of the molecule is O=C(N/N=C\c1c(Cl)cccc1Cl)c1cc(-c2ccc(Br)cc2)n[nH]1. The van der Waals surface area contributed by atoms with E-state index in [0.717, 1.165) is 10.0 Å². The van der Waals surface area contributed by atoms with Crippen LogP contribution in [0.4, 0.5) is 0 Å². The molecule has 1 heterocycles. The standard InChI is InChI=1S/C17H11BrCl2N4O/c18-11-6-4-10(5-7-11)15-8-16(23-22-15)17(25)24-21-9-12-13(19)2-1-3-14(12)20/h1-9H,(H,22,23)(H,24,25)/b21-9-. The van der Waals surface area contributed by atoms with Gasteiger partial charge in [-0.1, -0.05) is 57.3 Å². The summed E-state index contributed by atoms with van der Waals surface area (Å²) >= 11 is 15.4. The number of rotatable bonds is 4. The number of hydrazone groups is 1. The molecule has 126 valence electrons. The molecule has 3 aromatic rings. The summed E-state index contributed by atoms with van der Waals surface area (Å²) in [6.07, 6.45) is 1.40. The van der Waals surface area contributed by atoms with Crippen molar-refractivity contribution in [1.82, 2.24) is 15.6 Å². The summed E-state index contributed by atoms with van der Waals surface area (Å²) in [5.74, 6) is -0.421. The van der Waals surface area contributed by atoms with Gasteiger partial charge in [-0.2, -0.15) is 10.2 Å². The van der Waals surface area contributed by atoms with Crippen LogP contribution in [0.25, 0.3) is 11.3 Å². The minimum atomic E-state index is -0.421. The highest BCUT2D eigenvalue weighted by atomic mass is 79.9. The fourth-order valence-electron chi connectivity index (χ4n) is 2.06. The number of aromatic amines is 1. The molecule has 0 aliphatic carbocycles.